The molecule has 8 heteroatoms. The summed E-state index contributed by atoms with van der Waals surface area (Å²) in [7, 11) is -1.84. The average Bonchev–Trinajstić information content (AvgIpc) is 2.93. The number of benzene rings is 2. The van der Waals surface area contributed by atoms with E-state index in [4.69, 9.17) is 16.3 Å². The van der Waals surface area contributed by atoms with Crippen molar-refractivity contribution in [3.05, 3.63) is 53.1 Å². The molecule has 1 aliphatic heterocycles. The van der Waals surface area contributed by atoms with Crippen molar-refractivity contribution in [2.45, 2.75) is 6.42 Å². The molecule has 132 valence electrons. The van der Waals surface area contributed by atoms with Crippen LogP contribution >= 0.6 is 11.6 Å². The normalized spacial score (nSPS) is 15.8. The SMILES string of the molecule is COc1cc(NC(=O)c2cccc(Cl)c2)ccc1N1CCCS1(=O)=O. The molecule has 0 radical (unpaired) electrons. The van der Waals surface area contributed by atoms with E-state index in [9.17, 15) is 13.2 Å². The van der Waals surface area contributed by atoms with Crippen molar-refractivity contribution < 1.29 is 17.9 Å². The number of ether oxygens (including phenoxy) is 1. The fourth-order valence-electron chi connectivity index (χ4n) is 2.70. The van der Waals surface area contributed by atoms with Gasteiger partial charge in [0.05, 0.1) is 18.6 Å². The Morgan fingerprint density at radius 1 is 1.24 bits per heavy atom. The maximum absolute atomic E-state index is 12.3. The Bertz CT molecular complexity index is 915. The molecule has 2 aromatic carbocycles. The molecule has 1 aliphatic rings. The largest absolute Gasteiger partial charge is 0.494 e. The van der Waals surface area contributed by atoms with Crippen molar-refractivity contribution in [2.24, 2.45) is 0 Å². The molecule has 0 aliphatic carbocycles. The topological polar surface area (TPSA) is 75.7 Å². The van der Waals surface area contributed by atoms with E-state index in [1.54, 1.807) is 42.5 Å². The zero-order chi connectivity index (χ0) is 18.0. The van der Waals surface area contributed by atoms with Crippen LogP contribution in [0.15, 0.2) is 42.5 Å². The molecule has 25 heavy (non-hydrogen) atoms. The number of nitrogens with one attached hydrogen (secondary N) is 1. The second-order valence-electron chi connectivity index (χ2n) is 5.59. The minimum atomic E-state index is -3.31. The van der Waals surface area contributed by atoms with Crippen LogP contribution in [0.5, 0.6) is 5.75 Å². The maximum Gasteiger partial charge on any atom is 0.255 e. The van der Waals surface area contributed by atoms with Gasteiger partial charge in [-0.1, -0.05) is 17.7 Å². The van der Waals surface area contributed by atoms with Gasteiger partial charge in [0.25, 0.3) is 5.91 Å². The fraction of sp³-hybridized carbons (Fsp3) is 0.235. The van der Waals surface area contributed by atoms with E-state index < -0.39 is 10.0 Å². The molecule has 2 aromatic rings. The van der Waals surface area contributed by atoms with Crippen LogP contribution in [0.4, 0.5) is 11.4 Å². The number of carbonyl (C=O) groups is 1. The average molecular weight is 381 g/mol. The van der Waals surface area contributed by atoms with Crippen molar-refractivity contribution >= 4 is 38.9 Å². The van der Waals surface area contributed by atoms with Gasteiger partial charge in [-0.2, -0.15) is 0 Å². The van der Waals surface area contributed by atoms with Gasteiger partial charge in [-0.15, -0.1) is 0 Å². The van der Waals surface area contributed by atoms with Gasteiger partial charge in [0.2, 0.25) is 10.0 Å². The Morgan fingerprint density at radius 3 is 2.68 bits per heavy atom. The molecule has 1 saturated heterocycles. The summed E-state index contributed by atoms with van der Waals surface area (Å²) in [5.41, 5.74) is 1.40. The Hall–Kier alpha value is -2.25. The standard InChI is InChI=1S/C17H17ClN2O4S/c1-24-16-11-14(19-17(21)12-4-2-5-13(18)10-12)6-7-15(16)20-8-3-9-25(20,22)23/h2,4-7,10-11H,3,8-9H2,1H3,(H,19,21). The molecule has 0 spiro atoms. The number of carbonyl (C=O) groups excluding carboxylic acids is 1. The third kappa shape index (κ3) is 3.72. The minimum Gasteiger partial charge on any atom is -0.494 e. The lowest BCUT2D eigenvalue weighted by atomic mass is 10.2. The highest BCUT2D eigenvalue weighted by Gasteiger charge is 2.30. The first kappa shape index (κ1) is 17.6. The highest BCUT2D eigenvalue weighted by Crippen LogP contribution is 2.35. The van der Waals surface area contributed by atoms with Gasteiger partial charge in [0.1, 0.15) is 5.75 Å². The summed E-state index contributed by atoms with van der Waals surface area (Å²) in [6.07, 6.45) is 0.582. The lowest BCUT2D eigenvalue weighted by Crippen LogP contribution is -2.25. The van der Waals surface area contributed by atoms with Crippen molar-refractivity contribution in [3.63, 3.8) is 0 Å². The molecule has 1 N–H and O–H groups in total. The number of halogens is 1. The molecule has 6 nitrogen and oxygen atoms in total. The van der Waals surface area contributed by atoms with E-state index in [2.05, 4.69) is 5.32 Å². The summed E-state index contributed by atoms with van der Waals surface area (Å²) in [5, 5.41) is 3.23. The van der Waals surface area contributed by atoms with Crippen LogP contribution in [0.2, 0.25) is 5.02 Å². The Balaban J connectivity index is 1.86. The number of nitrogens with zero attached hydrogens (tertiary/aromatic N) is 1. The molecule has 1 heterocycles. The van der Waals surface area contributed by atoms with E-state index in [1.807, 2.05) is 0 Å². The third-order valence-corrected chi connectivity index (χ3v) is 5.98. The van der Waals surface area contributed by atoms with Gasteiger partial charge in [-0.3, -0.25) is 9.10 Å². The van der Waals surface area contributed by atoms with Crippen molar-refractivity contribution in [2.75, 3.05) is 29.0 Å². The lowest BCUT2D eigenvalue weighted by molar-refractivity contribution is 0.102. The van der Waals surface area contributed by atoms with E-state index in [-0.39, 0.29) is 11.7 Å². The third-order valence-electron chi connectivity index (χ3n) is 3.89. The summed E-state index contributed by atoms with van der Waals surface area (Å²) in [4.78, 5) is 12.3. The van der Waals surface area contributed by atoms with Crippen molar-refractivity contribution in [1.29, 1.82) is 0 Å². The first-order chi connectivity index (χ1) is 11.9. The van der Waals surface area contributed by atoms with Crippen LogP contribution in [0, 0.1) is 0 Å². The predicted octanol–water partition coefficient (Wildman–Crippen LogP) is 3.14. The number of methoxy groups -OCH3 is 1. The molecule has 3 rings (SSSR count). The van der Waals surface area contributed by atoms with Gasteiger partial charge in [-0.05, 0) is 36.8 Å². The monoisotopic (exact) mass is 380 g/mol. The van der Waals surface area contributed by atoms with Crippen LogP contribution in [0.1, 0.15) is 16.8 Å². The van der Waals surface area contributed by atoms with Gasteiger partial charge in [0.15, 0.2) is 0 Å². The van der Waals surface area contributed by atoms with Crippen LogP contribution in [-0.2, 0) is 10.0 Å². The van der Waals surface area contributed by atoms with Crippen LogP contribution < -0.4 is 14.4 Å². The number of rotatable bonds is 4. The van der Waals surface area contributed by atoms with Gasteiger partial charge >= 0.3 is 0 Å². The zero-order valence-corrected chi connectivity index (χ0v) is 15.1. The Kier molecular flexibility index (Phi) is 4.87. The highest BCUT2D eigenvalue weighted by molar-refractivity contribution is 7.93. The summed E-state index contributed by atoms with van der Waals surface area (Å²) < 4.78 is 30.9. The first-order valence-corrected chi connectivity index (χ1v) is 9.65. The smallest absolute Gasteiger partial charge is 0.255 e. The van der Waals surface area contributed by atoms with Crippen molar-refractivity contribution in [3.8, 4) is 5.75 Å². The van der Waals surface area contributed by atoms with Crippen LogP contribution in [0.25, 0.3) is 0 Å². The van der Waals surface area contributed by atoms with Gasteiger partial charge in [-0.25, -0.2) is 8.42 Å². The van der Waals surface area contributed by atoms with Crippen LogP contribution in [0.3, 0.4) is 0 Å². The summed E-state index contributed by atoms with van der Waals surface area (Å²) >= 11 is 5.90. The summed E-state index contributed by atoms with van der Waals surface area (Å²) in [6.45, 7) is 0.424. The second-order valence-corrected chi connectivity index (χ2v) is 8.04. The van der Waals surface area contributed by atoms with Crippen LogP contribution in [-0.4, -0.2) is 33.7 Å². The second kappa shape index (κ2) is 6.93. The Morgan fingerprint density at radius 2 is 2.04 bits per heavy atom. The number of hydrogen-bond donors (Lipinski definition) is 1. The predicted molar refractivity (Wildman–Crippen MR) is 98.1 cm³/mol. The number of hydrogen-bond acceptors (Lipinski definition) is 4. The number of anilines is 2. The summed E-state index contributed by atoms with van der Waals surface area (Å²) in [6, 6.07) is 11.5. The molecular formula is C17H17ClN2O4S. The molecule has 0 unspecified atom stereocenters. The van der Waals surface area contributed by atoms with E-state index in [0.717, 1.165) is 0 Å². The molecule has 0 bridgehead atoms. The molecule has 0 aromatic heterocycles. The quantitative estimate of drug-likeness (QED) is 0.884. The first-order valence-electron chi connectivity index (χ1n) is 7.66. The van der Waals surface area contributed by atoms with Crippen molar-refractivity contribution in [1.82, 2.24) is 0 Å². The lowest BCUT2D eigenvalue weighted by Gasteiger charge is -2.20. The minimum absolute atomic E-state index is 0.128. The van der Waals surface area contributed by atoms with E-state index >= 15 is 0 Å². The molecule has 0 saturated carbocycles. The Labute approximate surface area is 151 Å². The molecule has 1 fully saturated rings. The zero-order valence-electron chi connectivity index (χ0n) is 13.5. The van der Waals surface area contributed by atoms with E-state index in [1.165, 1.54) is 11.4 Å². The molecule has 1 amide bonds. The highest BCUT2D eigenvalue weighted by atomic mass is 35.5. The number of amides is 1. The number of sulfonamides is 1. The van der Waals surface area contributed by atoms with Gasteiger partial charge < -0.3 is 10.1 Å². The molecular weight excluding hydrogens is 364 g/mol. The fourth-order valence-corrected chi connectivity index (χ4v) is 4.47. The van der Waals surface area contributed by atoms with Gasteiger partial charge in [0, 0.05) is 28.9 Å². The van der Waals surface area contributed by atoms with E-state index in [0.29, 0.717) is 40.7 Å². The molecule has 0 atom stereocenters. The summed E-state index contributed by atoms with van der Waals surface area (Å²) in [5.74, 6) is 0.198. The maximum atomic E-state index is 12.3.